The average Bonchev–Trinajstić information content (AvgIpc) is 2.86. The van der Waals surface area contributed by atoms with Gasteiger partial charge in [-0.2, -0.15) is 0 Å². The minimum atomic E-state index is -1.94. The molecule has 5 nitrogen and oxygen atoms in total. The van der Waals surface area contributed by atoms with E-state index in [4.69, 9.17) is 23.4 Å². The van der Waals surface area contributed by atoms with Crippen LogP contribution in [0.15, 0.2) is 72.8 Å². The summed E-state index contributed by atoms with van der Waals surface area (Å²) in [7, 11) is -1.94. The molecule has 2 aromatic rings. The van der Waals surface area contributed by atoms with E-state index in [9.17, 15) is 0 Å². The Balaban J connectivity index is 1.94. The van der Waals surface area contributed by atoms with E-state index >= 15 is 0 Å². The number of benzene rings is 2. The van der Waals surface area contributed by atoms with Crippen molar-refractivity contribution in [2.75, 3.05) is 19.8 Å². The highest BCUT2D eigenvalue weighted by Crippen LogP contribution is 2.44. The Morgan fingerprint density at radius 3 is 2.10 bits per heavy atom. The monoisotopic (exact) mass is 554 g/mol. The fraction of sp³-hybridized carbons (Fsp3) is 0.576. The van der Waals surface area contributed by atoms with Gasteiger partial charge in [-0.3, -0.25) is 0 Å². The minimum Gasteiger partial charge on any atom is -0.417 e. The normalized spacial score (nSPS) is 22.4. The maximum atomic E-state index is 6.90. The molecule has 0 aliphatic carbocycles. The molecular formula is C33H50O5Si. The van der Waals surface area contributed by atoms with Crippen molar-refractivity contribution >= 4 is 8.32 Å². The maximum absolute atomic E-state index is 6.90. The van der Waals surface area contributed by atoms with E-state index in [0.29, 0.717) is 39.5 Å². The van der Waals surface area contributed by atoms with Crippen molar-refractivity contribution in [3.63, 3.8) is 0 Å². The maximum Gasteiger partial charge on any atom is 0.191 e. The molecule has 0 unspecified atom stereocenters. The summed E-state index contributed by atoms with van der Waals surface area (Å²) in [5, 5.41) is 0.126. The third kappa shape index (κ3) is 8.59. The smallest absolute Gasteiger partial charge is 0.191 e. The Kier molecular flexibility index (Phi) is 10.8. The van der Waals surface area contributed by atoms with Gasteiger partial charge in [0.1, 0.15) is 5.60 Å². The second kappa shape index (κ2) is 13.2. The van der Waals surface area contributed by atoms with Gasteiger partial charge in [0.05, 0.1) is 32.5 Å². The van der Waals surface area contributed by atoms with E-state index in [1.54, 1.807) is 0 Å². The summed E-state index contributed by atoms with van der Waals surface area (Å²) in [4.78, 5) is 0. The molecule has 39 heavy (non-hydrogen) atoms. The quantitative estimate of drug-likeness (QED) is 0.186. The zero-order valence-corrected chi connectivity index (χ0v) is 26.4. The van der Waals surface area contributed by atoms with Crippen LogP contribution in [0.1, 0.15) is 59.1 Å². The van der Waals surface area contributed by atoms with Crippen LogP contribution in [0.4, 0.5) is 0 Å². The highest BCUT2D eigenvalue weighted by molar-refractivity contribution is 6.74. The zero-order valence-electron chi connectivity index (χ0n) is 25.4. The molecule has 3 atom stereocenters. The van der Waals surface area contributed by atoms with Gasteiger partial charge >= 0.3 is 0 Å². The molecule has 0 N–H and O–H groups in total. The summed E-state index contributed by atoms with van der Waals surface area (Å²) in [6, 6.07) is 20.5. The van der Waals surface area contributed by atoms with Gasteiger partial charge < -0.3 is 23.4 Å². The third-order valence-corrected chi connectivity index (χ3v) is 12.7. The molecule has 6 heteroatoms. The lowest BCUT2D eigenvalue weighted by atomic mass is 9.77. The van der Waals surface area contributed by atoms with Crippen molar-refractivity contribution in [3.8, 4) is 0 Å². The van der Waals surface area contributed by atoms with Crippen LogP contribution in [-0.2, 0) is 36.6 Å². The summed E-state index contributed by atoms with van der Waals surface area (Å²) in [6.07, 6.45) is 0.372. The lowest BCUT2D eigenvalue weighted by molar-refractivity contribution is -0.360. The fourth-order valence-corrected chi connectivity index (χ4v) is 5.90. The topological polar surface area (TPSA) is 46.2 Å². The van der Waals surface area contributed by atoms with Gasteiger partial charge in [-0.25, -0.2) is 0 Å². The van der Waals surface area contributed by atoms with E-state index in [2.05, 4.69) is 64.7 Å². The van der Waals surface area contributed by atoms with Crippen LogP contribution in [0.5, 0.6) is 0 Å². The molecule has 1 aliphatic rings. The fourth-order valence-electron chi connectivity index (χ4n) is 4.84. The van der Waals surface area contributed by atoms with Crippen molar-refractivity contribution in [2.45, 2.75) is 96.8 Å². The molecule has 0 radical (unpaired) electrons. The van der Waals surface area contributed by atoms with Crippen molar-refractivity contribution in [2.24, 2.45) is 5.92 Å². The molecular weight excluding hydrogens is 504 g/mol. The first-order valence-corrected chi connectivity index (χ1v) is 17.1. The van der Waals surface area contributed by atoms with Crippen molar-refractivity contribution in [1.82, 2.24) is 0 Å². The van der Waals surface area contributed by atoms with Gasteiger partial charge in [0.25, 0.3) is 0 Å². The average molecular weight is 555 g/mol. The van der Waals surface area contributed by atoms with Crippen LogP contribution in [-0.4, -0.2) is 45.6 Å². The second-order valence-corrected chi connectivity index (χ2v) is 17.6. The molecule has 3 rings (SSSR count). The molecule has 0 spiro atoms. The SMILES string of the molecule is C=C(C)[C@@H]1COC(C)(C)O[C@@]1(COCc1ccccc1)[C@H](CCO[Si](C)(C)C(C)(C)C)OCc1ccccc1. The van der Waals surface area contributed by atoms with E-state index < -0.39 is 19.7 Å². The van der Waals surface area contributed by atoms with Gasteiger partial charge in [-0.1, -0.05) is 93.6 Å². The Morgan fingerprint density at radius 2 is 1.56 bits per heavy atom. The van der Waals surface area contributed by atoms with Gasteiger partial charge in [0.2, 0.25) is 0 Å². The standard InChI is InChI=1S/C33H50O5Si/c1-26(2)29-24-36-32(6,7)38-33(29,25-34-22-27-16-12-10-13-17-27)30(35-23-28-18-14-11-15-19-28)20-21-37-39(8,9)31(3,4)5/h10-19,29-30H,1,20-25H2,2-9H3/t29-,30-,33+/m0/s1. The summed E-state index contributed by atoms with van der Waals surface area (Å²) < 4.78 is 32.9. The molecule has 1 fully saturated rings. The molecule has 0 bridgehead atoms. The second-order valence-electron chi connectivity index (χ2n) is 12.8. The van der Waals surface area contributed by atoms with Crippen LogP contribution in [0, 0.1) is 5.92 Å². The van der Waals surface area contributed by atoms with E-state index in [-0.39, 0.29) is 17.1 Å². The van der Waals surface area contributed by atoms with E-state index in [1.165, 1.54) is 0 Å². The first kappa shape index (κ1) is 31.7. The van der Waals surface area contributed by atoms with Crippen molar-refractivity contribution < 1.29 is 23.4 Å². The van der Waals surface area contributed by atoms with Gasteiger partial charge in [-0.15, -0.1) is 0 Å². The third-order valence-electron chi connectivity index (χ3n) is 8.15. The molecule has 1 heterocycles. The number of hydrogen-bond acceptors (Lipinski definition) is 5. The largest absolute Gasteiger partial charge is 0.417 e. The zero-order chi connectivity index (χ0) is 28.7. The predicted molar refractivity (Wildman–Crippen MR) is 161 cm³/mol. The molecule has 0 saturated carbocycles. The molecule has 0 amide bonds. The number of hydrogen-bond donors (Lipinski definition) is 0. The van der Waals surface area contributed by atoms with Crippen molar-refractivity contribution in [3.05, 3.63) is 83.9 Å². The first-order chi connectivity index (χ1) is 18.3. The van der Waals surface area contributed by atoms with Crippen molar-refractivity contribution in [1.29, 1.82) is 0 Å². The van der Waals surface area contributed by atoms with Crippen LogP contribution >= 0.6 is 0 Å². The van der Waals surface area contributed by atoms with E-state index in [1.807, 2.05) is 57.2 Å². The van der Waals surface area contributed by atoms with Crippen LogP contribution in [0.3, 0.4) is 0 Å². The Labute approximate surface area is 238 Å². The minimum absolute atomic E-state index is 0.102. The molecule has 1 saturated heterocycles. The highest BCUT2D eigenvalue weighted by atomic mass is 28.4. The first-order valence-electron chi connectivity index (χ1n) is 14.2. The molecule has 1 aliphatic heterocycles. The Bertz CT molecular complexity index is 1030. The highest BCUT2D eigenvalue weighted by Gasteiger charge is 2.55. The summed E-state index contributed by atoms with van der Waals surface area (Å²) in [5.74, 6) is -0.897. The van der Waals surface area contributed by atoms with Crippen LogP contribution in [0.25, 0.3) is 0 Å². The number of ether oxygens (including phenoxy) is 4. The van der Waals surface area contributed by atoms with E-state index in [0.717, 1.165) is 16.7 Å². The Morgan fingerprint density at radius 1 is 1.00 bits per heavy atom. The summed E-state index contributed by atoms with van der Waals surface area (Å²) in [6.45, 7) is 24.1. The molecule has 0 aromatic heterocycles. The van der Waals surface area contributed by atoms with Gasteiger partial charge in [0.15, 0.2) is 14.1 Å². The molecule has 2 aromatic carbocycles. The van der Waals surface area contributed by atoms with Gasteiger partial charge in [-0.05, 0) is 56.5 Å². The van der Waals surface area contributed by atoms with Crippen LogP contribution in [0.2, 0.25) is 18.1 Å². The number of rotatable bonds is 13. The summed E-state index contributed by atoms with van der Waals surface area (Å²) >= 11 is 0. The summed E-state index contributed by atoms with van der Waals surface area (Å²) in [5.41, 5.74) is 2.43. The Hall–Kier alpha value is -1.80. The molecule has 216 valence electrons. The predicted octanol–water partition coefficient (Wildman–Crippen LogP) is 7.91. The van der Waals surface area contributed by atoms with Gasteiger partial charge in [0, 0.05) is 12.5 Å². The lowest BCUT2D eigenvalue weighted by Gasteiger charge is -2.53. The lowest BCUT2D eigenvalue weighted by Crippen LogP contribution is -2.64. The van der Waals surface area contributed by atoms with Crippen LogP contribution < -0.4 is 0 Å².